The Morgan fingerprint density at radius 1 is 1.50 bits per heavy atom. The van der Waals surface area contributed by atoms with E-state index in [9.17, 15) is 17.6 Å². The zero-order valence-electron chi connectivity index (χ0n) is 7.78. The molecule has 0 aliphatic carbocycles. The molecule has 16 heavy (non-hydrogen) atoms. The highest BCUT2D eigenvalue weighted by atomic mass is 35.5. The largest absolute Gasteiger partial charge is 0.480 e. The summed E-state index contributed by atoms with van der Waals surface area (Å²) in [6, 6.07) is 2.98. The maximum absolute atomic E-state index is 13.2. The number of carboxylic acids is 1. The first kappa shape index (κ1) is 12.9. The molecule has 0 bridgehead atoms. The number of aliphatic carboxylic acids is 1. The number of carboxylic acid groups (broad SMARTS) is 1. The van der Waals surface area contributed by atoms with E-state index in [1.165, 1.54) is 6.07 Å². The Morgan fingerprint density at radius 2 is 2.12 bits per heavy atom. The molecular formula is C8H7ClFNO4S. The lowest BCUT2D eigenvalue weighted by Crippen LogP contribution is -2.30. The van der Waals surface area contributed by atoms with Crippen LogP contribution in [0.25, 0.3) is 0 Å². The summed E-state index contributed by atoms with van der Waals surface area (Å²) in [7, 11) is -4.20. The number of halogens is 2. The van der Waals surface area contributed by atoms with E-state index in [-0.39, 0.29) is 5.02 Å². The minimum Gasteiger partial charge on any atom is -0.480 e. The number of rotatable bonds is 4. The standard InChI is InChI=1S/C8H7ClFNO4S/c9-5-1-2-6(10)7(3-5)16(14,15)11-4-8(12)13/h1-3,11H,4H2,(H,12,13). The average molecular weight is 268 g/mol. The number of hydrogen-bond donors (Lipinski definition) is 2. The summed E-state index contributed by atoms with van der Waals surface area (Å²) in [5.41, 5.74) is 0. The summed E-state index contributed by atoms with van der Waals surface area (Å²) in [6.45, 7) is -0.825. The Labute approximate surface area is 95.9 Å². The van der Waals surface area contributed by atoms with Crippen LogP contribution in [0, 0.1) is 5.82 Å². The van der Waals surface area contributed by atoms with Crippen LogP contribution in [-0.2, 0) is 14.8 Å². The molecule has 0 aliphatic heterocycles. The van der Waals surface area contributed by atoms with Crippen LogP contribution in [-0.4, -0.2) is 26.0 Å². The summed E-state index contributed by atoms with van der Waals surface area (Å²) in [5, 5.41) is 8.34. The van der Waals surface area contributed by atoms with Gasteiger partial charge >= 0.3 is 5.97 Å². The zero-order valence-corrected chi connectivity index (χ0v) is 9.35. The Morgan fingerprint density at radius 3 is 2.69 bits per heavy atom. The van der Waals surface area contributed by atoms with Gasteiger partial charge in [0.25, 0.3) is 0 Å². The maximum Gasteiger partial charge on any atom is 0.318 e. The zero-order chi connectivity index (χ0) is 12.3. The van der Waals surface area contributed by atoms with Crippen molar-refractivity contribution in [3.05, 3.63) is 29.0 Å². The highest BCUT2D eigenvalue weighted by molar-refractivity contribution is 7.89. The smallest absolute Gasteiger partial charge is 0.318 e. The quantitative estimate of drug-likeness (QED) is 0.847. The molecular weight excluding hydrogens is 261 g/mol. The van der Waals surface area contributed by atoms with Gasteiger partial charge < -0.3 is 5.11 Å². The van der Waals surface area contributed by atoms with E-state index in [1.807, 2.05) is 0 Å². The van der Waals surface area contributed by atoms with Crippen LogP contribution >= 0.6 is 11.6 Å². The number of hydrogen-bond acceptors (Lipinski definition) is 3. The summed E-state index contributed by atoms with van der Waals surface area (Å²) in [5.74, 6) is -2.37. The van der Waals surface area contributed by atoms with Gasteiger partial charge in [-0.25, -0.2) is 12.8 Å². The first-order valence-corrected chi connectivity index (χ1v) is 5.85. The van der Waals surface area contributed by atoms with Gasteiger partial charge in [0.1, 0.15) is 17.3 Å². The minimum absolute atomic E-state index is 0.0390. The Bertz CT molecular complexity index is 517. The lowest BCUT2D eigenvalue weighted by molar-refractivity contribution is -0.135. The van der Waals surface area contributed by atoms with Crippen LogP contribution in [0.4, 0.5) is 4.39 Å². The van der Waals surface area contributed by atoms with Crippen LogP contribution in [0.5, 0.6) is 0 Å². The number of benzene rings is 1. The number of carbonyl (C=O) groups is 1. The highest BCUT2D eigenvalue weighted by Gasteiger charge is 2.19. The normalized spacial score (nSPS) is 11.4. The van der Waals surface area contributed by atoms with Gasteiger partial charge in [0.05, 0.1) is 0 Å². The topological polar surface area (TPSA) is 83.5 Å². The lowest BCUT2D eigenvalue weighted by atomic mass is 10.3. The highest BCUT2D eigenvalue weighted by Crippen LogP contribution is 2.19. The van der Waals surface area contributed by atoms with Crippen molar-refractivity contribution in [1.82, 2.24) is 4.72 Å². The summed E-state index contributed by atoms with van der Waals surface area (Å²) in [6.07, 6.45) is 0. The summed E-state index contributed by atoms with van der Waals surface area (Å²) in [4.78, 5) is 9.50. The predicted octanol–water partition coefficient (Wildman–Crippen LogP) is 0.842. The summed E-state index contributed by atoms with van der Waals surface area (Å²) >= 11 is 5.51. The third-order valence-electron chi connectivity index (χ3n) is 1.60. The van der Waals surface area contributed by atoms with Crippen molar-refractivity contribution >= 4 is 27.6 Å². The molecule has 1 rings (SSSR count). The van der Waals surface area contributed by atoms with Gasteiger partial charge in [-0.05, 0) is 18.2 Å². The van der Waals surface area contributed by atoms with Gasteiger partial charge in [-0.1, -0.05) is 11.6 Å². The Kier molecular flexibility index (Phi) is 3.84. The molecule has 0 unspecified atom stereocenters. The second kappa shape index (κ2) is 4.77. The van der Waals surface area contributed by atoms with E-state index in [4.69, 9.17) is 16.7 Å². The SMILES string of the molecule is O=C(O)CNS(=O)(=O)c1cc(Cl)ccc1F. The van der Waals surface area contributed by atoms with E-state index in [1.54, 1.807) is 4.72 Å². The van der Waals surface area contributed by atoms with E-state index in [0.717, 1.165) is 12.1 Å². The molecule has 5 nitrogen and oxygen atoms in total. The van der Waals surface area contributed by atoms with Crippen LogP contribution in [0.15, 0.2) is 23.1 Å². The Hall–Kier alpha value is -1.18. The fourth-order valence-corrected chi connectivity index (χ4v) is 2.23. The van der Waals surface area contributed by atoms with Gasteiger partial charge in [-0.3, -0.25) is 4.79 Å². The first-order chi connectivity index (χ1) is 7.33. The van der Waals surface area contributed by atoms with Crippen LogP contribution in [0.1, 0.15) is 0 Å². The van der Waals surface area contributed by atoms with E-state index >= 15 is 0 Å². The van der Waals surface area contributed by atoms with Gasteiger partial charge in [-0.2, -0.15) is 4.72 Å². The fourth-order valence-electron chi connectivity index (χ4n) is 0.918. The molecule has 0 radical (unpaired) electrons. The van der Waals surface area contributed by atoms with Crippen molar-refractivity contribution in [2.24, 2.45) is 0 Å². The second-order valence-corrected chi connectivity index (χ2v) is 4.96. The third kappa shape index (κ3) is 3.16. The molecule has 0 saturated carbocycles. The number of sulfonamides is 1. The second-order valence-electron chi connectivity index (χ2n) is 2.79. The number of nitrogens with one attached hydrogen (secondary N) is 1. The predicted molar refractivity (Wildman–Crippen MR) is 54.2 cm³/mol. The molecule has 0 atom stereocenters. The molecule has 1 aromatic rings. The monoisotopic (exact) mass is 267 g/mol. The molecule has 0 amide bonds. The van der Waals surface area contributed by atoms with Crippen LogP contribution in [0.3, 0.4) is 0 Å². The van der Waals surface area contributed by atoms with Crippen molar-refractivity contribution in [2.75, 3.05) is 6.54 Å². The molecule has 0 spiro atoms. The van der Waals surface area contributed by atoms with Gasteiger partial charge in [0, 0.05) is 5.02 Å². The third-order valence-corrected chi connectivity index (χ3v) is 3.25. The first-order valence-electron chi connectivity index (χ1n) is 3.99. The van der Waals surface area contributed by atoms with Crippen LogP contribution in [0.2, 0.25) is 5.02 Å². The molecule has 2 N–H and O–H groups in total. The van der Waals surface area contributed by atoms with Crippen molar-refractivity contribution in [1.29, 1.82) is 0 Å². The fraction of sp³-hybridized carbons (Fsp3) is 0.125. The lowest BCUT2D eigenvalue weighted by Gasteiger charge is -2.05. The molecule has 88 valence electrons. The van der Waals surface area contributed by atoms with Gasteiger partial charge in [0.15, 0.2) is 0 Å². The van der Waals surface area contributed by atoms with Crippen molar-refractivity contribution in [2.45, 2.75) is 4.90 Å². The molecule has 8 heteroatoms. The van der Waals surface area contributed by atoms with Crippen molar-refractivity contribution in [3.8, 4) is 0 Å². The molecule has 0 aromatic heterocycles. The average Bonchev–Trinajstić information content (AvgIpc) is 2.19. The van der Waals surface area contributed by atoms with E-state index < -0.39 is 33.3 Å². The molecule has 0 aliphatic rings. The van der Waals surface area contributed by atoms with Crippen molar-refractivity contribution < 1.29 is 22.7 Å². The van der Waals surface area contributed by atoms with Crippen LogP contribution < -0.4 is 4.72 Å². The van der Waals surface area contributed by atoms with Gasteiger partial charge in [0.2, 0.25) is 10.0 Å². The van der Waals surface area contributed by atoms with Gasteiger partial charge in [-0.15, -0.1) is 0 Å². The van der Waals surface area contributed by atoms with Crippen molar-refractivity contribution in [3.63, 3.8) is 0 Å². The molecule has 0 heterocycles. The summed E-state index contributed by atoms with van der Waals surface area (Å²) < 4.78 is 37.8. The molecule has 1 aromatic carbocycles. The minimum atomic E-state index is -4.20. The van der Waals surface area contributed by atoms with E-state index in [0.29, 0.717) is 0 Å². The Balaban J connectivity index is 3.07. The molecule has 0 fully saturated rings. The maximum atomic E-state index is 13.2. The molecule has 0 saturated heterocycles. The van der Waals surface area contributed by atoms with E-state index in [2.05, 4.69) is 0 Å².